The fourth-order valence-electron chi connectivity index (χ4n) is 2.08. The van der Waals surface area contributed by atoms with Crippen LogP contribution in [0.2, 0.25) is 0 Å². The molecule has 0 fully saturated rings. The number of hydrogen-bond acceptors (Lipinski definition) is 4. The lowest BCUT2D eigenvalue weighted by Crippen LogP contribution is -2.29. The molecular formula is C18H22F4N2O4. The highest BCUT2D eigenvalue weighted by Crippen LogP contribution is 2.23. The average Bonchev–Trinajstić information content (AvgIpc) is 2.61. The predicted octanol–water partition coefficient (Wildman–Crippen LogP) is 4.68. The largest absolute Gasteiger partial charge is 0.573 e. The third-order valence-corrected chi connectivity index (χ3v) is 3.31. The molecule has 0 saturated heterocycles. The van der Waals surface area contributed by atoms with Gasteiger partial charge in [0.1, 0.15) is 5.75 Å². The molecule has 0 spiro atoms. The molecule has 0 aliphatic rings. The van der Waals surface area contributed by atoms with Crippen molar-refractivity contribution >= 4 is 17.7 Å². The number of urea groups is 1. The van der Waals surface area contributed by atoms with Crippen molar-refractivity contribution in [3.63, 3.8) is 0 Å². The Morgan fingerprint density at radius 1 is 1.11 bits per heavy atom. The molecule has 2 N–H and O–H groups in total. The molecule has 0 atom stereocenters. The molecule has 156 valence electrons. The Morgan fingerprint density at radius 2 is 1.79 bits per heavy atom. The number of benzene rings is 1. The summed E-state index contributed by atoms with van der Waals surface area (Å²) in [7, 11) is 0. The number of alkyl halides is 3. The van der Waals surface area contributed by atoms with Crippen molar-refractivity contribution in [2.45, 2.75) is 39.0 Å². The molecule has 1 aromatic carbocycles. The maximum absolute atomic E-state index is 13.2. The lowest BCUT2D eigenvalue weighted by atomic mass is 10.2. The summed E-state index contributed by atoms with van der Waals surface area (Å²) < 4.78 is 57.7. The van der Waals surface area contributed by atoms with Gasteiger partial charge in [0, 0.05) is 12.2 Å². The molecule has 0 bridgehead atoms. The van der Waals surface area contributed by atoms with Gasteiger partial charge >= 0.3 is 18.4 Å². The van der Waals surface area contributed by atoms with Crippen LogP contribution >= 0.6 is 0 Å². The predicted molar refractivity (Wildman–Crippen MR) is 94.4 cm³/mol. The Bertz CT molecular complexity index is 661. The maximum atomic E-state index is 13.2. The van der Waals surface area contributed by atoms with Crippen molar-refractivity contribution in [2.24, 2.45) is 0 Å². The Morgan fingerprint density at radius 3 is 2.39 bits per heavy atom. The molecule has 1 aromatic rings. The number of hydrogen-bond donors (Lipinski definition) is 2. The summed E-state index contributed by atoms with van der Waals surface area (Å²) in [5.74, 6) is -2.27. The molecule has 6 nitrogen and oxygen atoms in total. The fourth-order valence-corrected chi connectivity index (χ4v) is 2.08. The Kier molecular flexibility index (Phi) is 9.83. The van der Waals surface area contributed by atoms with Gasteiger partial charge in [-0.3, -0.25) is 0 Å². The zero-order chi connectivity index (χ0) is 21.0. The van der Waals surface area contributed by atoms with Gasteiger partial charge in [-0.15, -0.1) is 13.2 Å². The van der Waals surface area contributed by atoms with Crippen LogP contribution in [0.15, 0.2) is 36.2 Å². The molecule has 10 heteroatoms. The van der Waals surface area contributed by atoms with E-state index < -0.39 is 24.2 Å². The summed E-state index contributed by atoms with van der Waals surface area (Å²) in [5.41, 5.74) is 0.312. The van der Waals surface area contributed by atoms with Crippen LogP contribution < -0.4 is 15.4 Å². The van der Waals surface area contributed by atoms with E-state index in [0.29, 0.717) is 37.9 Å². The van der Waals surface area contributed by atoms with Crippen molar-refractivity contribution in [1.29, 1.82) is 0 Å². The quantitative estimate of drug-likeness (QED) is 0.256. The lowest BCUT2D eigenvalue weighted by Gasteiger charge is -2.10. The van der Waals surface area contributed by atoms with Crippen LogP contribution in [0.25, 0.3) is 0 Å². The number of unbranched alkanes of at least 4 members (excludes halogenated alkanes) is 3. The van der Waals surface area contributed by atoms with Crippen molar-refractivity contribution in [2.75, 3.05) is 18.5 Å². The summed E-state index contributed by atoms with van der Waals surface area (Å²) in [6.45, 7) is 2.07. The van der Waals surface area contributed by atoms with Gasteiger partial charge in [0.2, 0.25) is 5.83 Å². The molecular weight excluding hydrogens is 384 g/mol. The second kappa shape index (κ2) is 11.8. The minimum Gasteiger partial charge on any atom is -0.461 e. The summed E-state index contributed by atoms with van der Waals surface area (Å²) in [6.07, 6.45) is -1.24. The SMILES string of the molecule is CCOC(=O)/C(F)=C/CCCCCNC(=O)Nc1ccc(OC(F)(F)F)cc1. The van der Waals surface area contributed by atoms with Gasteiger partial charge in [0.15, 0.2) is 0 Å². The number of allylic oxidation sites excluding steroid dienone is 1. The average molecular weight is 406 g/mol. The maximum Gasteiger partial charge on any atom is 0.573 e. The van der Waals surface area contributed by atoms with E-state index in [4.69, 9.17) is 0 Å². The fraction of sp³-hybridized carbons (Fsp3) is 0.444. The Balaban J connectivity index is 2.19. The van der Waals surface area contributed by atoms with Gasteiger partial charge in [0.25, 0.3) is 0 Å². The number of rotatable bonds is 10. The van der Waals surface area contributed by atoms with Crippen LogP contribution in [0.1, 0.15) is 32.6 Å². The number of nitrogens with one attached hydrogen (secondary N) is 2. The van der Waals surface area contributed by atoms with Crippen LogP contribution in [0.5, 0.6) is 5.75 Å². The minimum absolute atomic E-state index is 0.110. The molecule has 0 radical (unpaired) electrons. The molecule has 0 unspecified atom stereocenters. The van der Waals surface area contributed by atoms with E-state index in [-0.39, 0.29) is 12.4 Å². The van der Waals surface area contributed by atoms with Crippen LogP contribution in [-0.2, 0) is 9.53 Å². The number of halogens is 4. The van der Waals surface area contributed by atoms with Gasteiger partial charge in [-0.1, -0.05) is 6.42 Å². The van der Waals surface area contributed by atoms with Crippen molar-refractivity contribution in [3.8, 4) is 5.75 Å². The smallest absolute Gasteiger partial charge is 0.461 e. The standard InChI is InChI=1S/C18H22F4N2O4/c1-2-27-16(25)15(19)7-5-3-4-6-12-23-17(26)24-13-8-10-14(11-9-13)28-18(20,21)22/h7-11H,2-6,12H2,1H3,(H2,23,24,26)/b15-7-. The highest BCUT2D eigenvalue weighted by Gasteiger charge is 2.30. The first-order valence-electron chi connectivity index (χ1n) is 8.64. The van der Waals surface area contributed by atoms with Crippen molar-refractivity contribution in [1.82, 2.24) is 5.32 Å². The van der Waals surface area contributed by atoms with E-state index in [1.807, 2.05) is 0 Å². The van der Waals surface area contributed by atoms with Crippen molar-refractivity contribution in [3.05, 3.63) is 36.2 Å². The van der Waals surface area contributed by atoms with Gasteiger partial charge in [-0.25, -0.2) is 9.59 Å². The second-order valence-corrected chi connectivity index (χ2v) is 5.57. The molecule has 28 heavy (non-hydrogen) atoms. The second-order valence-electron chi connectivity index (χ2n) is 5.57. The van der Waals surface area contributed by atoms with E-state index in [1.165, 1.54) is 18.2 Å². The van der Waals surface area contributed by atoms with Gasteiger partial charge in [0.05, 0.1) is 6.61 Å². The van der Waals surface area contributed by atoms with E-state index >= 15 is 0 Å². The zero-order valence-electron chi connectivity index (χ0n) is 15.3. The van der Waals surface area contributed by atoms with Gasteiger partial charge < -0.3 is 20.1 Å². The monoisotopic (exact) mass is 406 g/mol. The number of ether oxygens (including phenoxy) is 2. The number of carbonyl (C=O) groups excluding carboxylic acids is 2. The normalized spacial score (nSPS) is 11.7. The van der Waals surface area contributed by atoms with Crippen LogP contribution in [0.4, 0.5) is 28.0 Å². The number of carbonyl (C=O) groups is 2. The molecule has 0 saturated carbocycles. The molecule has 0 heterocycles. The van der Waals surface area contributed by atoms with Crippen molar-refractivity contribution < 1.29 is 36.6 Å². The first kappa shape index (κ1) is 23.3. The Labute approximate surface area is 159 Å². The number of amides is 2. The third-order valence-electron chi connectivity index (χ3n) is 3.31. The lowest BCUT2D eigenvalue weighted by molar-refractivity contribution is -0.274. The number of anilines is 1. The topological polar surface area (TPSA) is 76.7 Å². The number of esters is 1. The van der Waals surface area contributed by atoms with Crippen LogP contribution in [0.3, 0.4) is 0 Å². The van der Waals surface area contributed by atoms with Gasteiger partial charge in [-0.2, -0.15) is 4.39 Å². The molecule has 0 aromatic heterocycles. The summed E-state index contributed by atoms with van der Waals surface area (Å²) >= 11 is 0. The minimum atomic E-state index is -4.77. The third kappa shape index (κ3) is 10.4. The molecule has 1 rings (SSSR count). The summed E-state index contributed by atoms with van der Waals surface area (Å²) in [6, 6.07) is 4.24. The van der Waals surface area contributed by atoms with Crippen LogP contribution in [0, 0.1) is 0 Å². The van der Waals surface area contributed by atoms with E-state index in [0.717, 1.165) is 12.1 Å². The summed E-state index contributed by atoms with van der Waals surface area (Å²) in [5, 5.41) is 5.07. The van der Waals surface area contributed by atoms with Crippen LogP contribution in [-0.4, -0.2) is 31.5 Å². The highest BCUT2D eigenvalue weighted by molar-refractivity contribution is 5.89. The first-order chi connectivity index (χ1) is 13.2. The van der Waals surface area contributed by atoms with E-state index in [1.54, 1.807) is 6.92 Å². The van der Waals surface area contributed by atoms with Gasteiger partial charge in [-0.05, 0) is 56.5 Å². The Hall–Kier alpha value is -2.78. The zero-order valence-corrected chi connectivity index (χ0v) is 15.3. The van der Waals surface area contributed by atoms with E-state index in [2.05, 4.69) is 20.1 Å². The molecule has 0 aliphatic carbocycles. The molecule has 2 amide bonds. The highest BCUT2D eigenvalue weighted by atomic mass is 19.4. The summed E-state index contributed by atoms with van der Waals surface area (Å²) in [4.78, 5) is 22.7. The molecule has 0 aliphatic heterocycles. The first-order valence-corrected chi connectivity index (χ1v) is 8.64. The van der Waals surface area contributed by atoms with E-state index in [9.17, 15) is 27.2 Å².